The van der Waals surface area contributed by atoms with Crippen LogP contribution in [-0.2, 0) is 0 Å². The Hall–Kier alpha value is -2.18. The Balaban J connectivity index is 2.26. The van der Waals surface area contributed by atoms with Crippen LogP contribution in [0.1, 0.15) is 0 Å². The second-order valence-electron chi connectivity index (χ2n) is 4.62. The second kappa shape index (κ2) is 6.72. The molecule has 0 aliphatic rings. The van der Waals surface area contributed by atoms with E-state index in [0.29, 0.717) is 21.4 Å². The van der Waals surface area contributed by atoms with Crippen LogP contribution in [0.3, 0.4) is 0 Å². The van der Waals surface area contributed by atoms with Crippen LogP contribution in [0.2, 0.25) is 10.0 Å². The van der Waals surface area contributed by atoms with E-state index in [1.54, 1.807) is 12.1 Å². The molecule has 0 spiro atoms. The Morgan fingerprint density at radius 3 is 2.23 bits per heavy atom. The van der Waals surface area contributed by atoms with E-state index in [-0.39, 0.29) is 5.69 Å². The zero-order chi connectivity index (χ0) is 16.3. The lowest BCUT2D eigenvalue weighted by atomic mass is 10.2. The predicted octanol–water partition coefficient (Wildman–Crippen LogP) is 5.38. The van der Waals surface area contributed by atoms with Gasteiger partial charge in [-0.25, -0.2) is 0 Å². The van der Waals surface area contributed by atoms with Crippen LogP contribution >= 0.6 is 23.2 Å². The highest BCUT2D eigenvalue weighted by molar-refractivity contribution is 6.37. The van der Waals surface area contributed by atoms with Crippen LogP contribution in [0.15, 0.2) is 46.6 Å². The van der Waals surface area contributed by atoms with Crippen LogP contribution in [0.25, 0.3) is 0 Å². The summed E-state index contributed by atoms with van der Waals surface area (Å²) in [4.78, 5) is 11.9. The van der Waals surface area contributed by atoms with Crippen molar-refractivity contribution >= 4 is 46.0 Å². The predicted molar refractivity (Wildman–Crippen MR) is 88.1 cm³/mol. The Kier molecular flexibility index (Phi) is 4.95. The van der Waals surface area contributed by atoms with Crippen LogP contribution in [-0.4, -0.2) is 19.0 Å². The summed E-state index contributed by atoms with van der Waals surface area (Å²) in [5, 5.41) is 19.5. The fourth-order valence-electron chi connectivity index (χ4n) is 1.70. The van der Waals surface area contributed by atoms with Gasteiger partial charge in [0.25, 0.3) is 5.69 Å². The standard InChI is InChI=1S/C14H12Cl2N4O2/c1-19(2)14-8-11(15)13(7-12(14)16)18-17-9-3-5-10(6-4-9)20(21)22/h3-8H,1-2H3. The van der Waals surface area contributed by atoms with Crippen molar-refractivity contribution < 1.29 is 4.92 Å². The minimum absolute atomic E-state index is 0.00429. The number of hydrogen-bond donors (Lipinski definition) is 0. The van der Waals surface area contributed by atoms with Gasteiger partial charge >= 0.3 is 0 Å². The van der Waals surface area contributed by atoms with Crippen LogP contribution in [0, 0.1) is 10.1 Å². The first-order valence-electron chi connectivity index (χ1n) is 6.21. The maximum absolute atomic E-state index is 10.6. The molecule has 0 fully saturated rings. The summed E-state index contributed by atoms with van der Waals surface area (Å²) >= 11 is 12.3. The number of rotatable bonds is 4. The van der Waals surface area contributed by atoms with E-state index in [9.17, 15) is 10.1 Å². The molecule has 2 aromatic rings. The zero-order valence-corrected chi connectivity index (χ0v) is 13.3. The van der Waals surface area contributed by atoms with E-state index in [1.165, 1.54) is 24.3 Å². The third-order valence-electron chi connectivity index (χ3n) is 2.83. The number of nitro benzene ring substituents is 1. The van der Waals surface area contributed by atoms with Gasteiger partial charge in [0.15, 0.2) is 0 Å². The van der Waals surface area contributed by atoms with Gasteiger partial charge in [-0.3, -0.25) is 10.1 Å². The monoisotopic (exact) mass is 338 g/mol. The Morgan fingerprint density at radius 1 is 1.05 bits per heavy atom. The number of halogens is 2. The lowest BCUT2D eigenvalue weighted by Gasteiger charge is -2.15. The molecular formula is C14H12Cl2N4O2. The number of non-ortho nitro benzene ring substituents is 1. The highest BCUT2D eigenvalue weighted by atomic mass is 35.5. The normalized spacial score (nSPS) is 10.9. The first-order chi connectivity index (χ1) is 10.4. The molecule has 114 valence electrons. The number of benzene rings is 2. The van der Waals surface area contributed by atoms with Crippen molar-refractivity contribution in [1.82, 2.24) is 0 Å². The lowest BCUT2D eigenvalue weighted by molar-refractivity contribution is -0.384. The maximum atomic E-state index is 10.6. The number of nitro groups is 1. The lowest BCUT2D eigenvalue weighted by Crippen LogP contribution is -2.08. The highest BCUT2D eigenvalue weighted by Crippen LogP contribution is 2.36. The third kappa shape index (κ3) is 3.72. The van der Waals surface area contributed by atoms with Crippen molar-refractivity contribution in [2.75, 3.05) is 19.0 Å². The van der Waals surface area contributed by atoms with Crippen molar-refractivity contribution in [3.63, 3.8) is 0 Å². The molecule has 6 nitrogen and oxygen atoms in total. The van der Waals surface area contributed by atoms with Crippen LogP contribution in [0.5, 0.6) is 0 Å². The van der Waals surface area contributed by atoms with Crippen molar-refractivity contribution in [3.05, 3.63) is 56.6 Å². The smallest absolute Gasteiger partial charge is 0.269 e. The van der Waals surface area contributed by atoms with Crippen molar-refractivity contribution in [2.45, 2.75) is 0 Å². The van der Waals surface area contributed by atoms with Crippen molar-refractivity contribution in [2.24, 2.45) is 10.2 Å². The molecule has 8 heteroatoms. The van der Waals surface area contributed by atoms with Crippen molar-refractivity contribution in [1.29, 1.82) is 0 Å². The fraction of sp³-hybridized carbons (Fsp3) is 0.143. The SMILES string of the molecule is CN(C)c1cc(Cl)c(N=Nc2ccc([N+](=O)[O-])cc2)cc1Cl. The van der Waals surface area contributed by atoms with E-state index in [4.69, 9.17) is 23.2 Å². The Bertz CT molecular complexity index is 730. The summed E-state index contributed by atoms with van der Waals surface area (Å²) in [6, 6.07) is 9.05. The average molecular weight is 339 g/mol. The van der Waals surface area contributed by atoms with Gasteiger partial charge in [-0.2, -0.15) is 5.11 Å². The molecule has 0 saturated carbocycles. The summed E-state index contributed by atoms with van der Waals surface area (Å²) < 4.78 is 0. The van der Waals surface area contributed by atoms with Gasteiger partial charge in [0.05, 0.1) is 26.3 Å². The fourth-order valence-corrected chi connectivity index (χ4v) is 2.22. The molecular weight excluding hydrogens is 327 g/mol. The molecule has 22 heavy (non-hydrogen) atoms. The molecule has 0 aliphatic carbocycles. The van der Waals surface area contributed by atoms with Crippen LogP contribution < -0.4 is 4.90 Å². The van der Waals surface area contributed by atoms with E-state index in [0.717, 1.165) is 5.69 Å². The molecule has 0 N–H and O–H groups in total. The molecule has 2 rings (SSSR count). The molecule has 0 bridgehead atoms. The van der Waals surface area contributed by atoms with E-state index < -0.39 is 4.92 Å². The van der Waals surface area contributed by atoms with Gasteiger partial charge in [-0.05, 0) is 24.3 Å². The van der Waals surface area contributed by atoms with Crippen LogP contribution in [0.4, 0.5) is 22.7 Å². The van der Waals surface area contributed by atoms with Gasteiger partial charge in [0, 0.05) is 26.2 Å². The van der Waals surface area contributed by atoms with Gasteiger partial charge < -0.3 is 4.90 Å². The Labute approximate surface area is 137 Å². The number of hydrogen-bond acceptors (Lipinski definition) is 5. The average Bonchev–Trinajstić information content (AvgIpc) is 2.47. The maximum Gasteiger partial charge on any atom is 0.269 e. The topological polar surface area (TPSA) is 71.1 Å². The molecule has 0 saturated heterocycles. The molecule has 0 atom stereocenters. The molecule has 0 amide bonds. The van der Waals surface area contributed by atoms with E-state index in [2.05, 4.69) is 10.2 Å². The molecule has 0 unspecified atom stereocenters. The molecule has 0 heterocycles. The van der Waals surface area contributed by atoms with E-state index >= 15 is 0 Å². The summed E-state index contributed by atoms with van der Waals surface area (Å²) in [5.74, 6) is 0. The second-order valence-corrected chi connectivity index (χ2v) is 5.44. The highest BCUT2D eigenvalue weighted by Gasteiger charge is 2.09. The van der Waals surface area contributed by atoms with Gasteiger partial charge in [0.2, 0.25) is 0 Å². The van der Waals surface area contributed by atoms with Gasteiger partial charge in [-0.15, -0.1) is 5.11 Å². The van der Waals surface area contributed by atoms with Crippen molar-refractivity contribution in [3.8, 4) is 0 Å². The number of nitrogens with zero attached hydrogens (tertiary/aromatic N) is 4. The first-order valence-corrected chi connectivity index (χ1v) is 6.96. The number of anilines is 1. The van der Waals surface area contributed by atoms with Gasteiger partial charge in [-0.1, -0.05) is 23.2 Å². The van der Waals surface area contributed by atoms with Gasteiger partial charge in [0.1, 0.15) is 5.69 Å². The zero-order valence-electron chi connectivity index (χ0n) is 11.8. The van der Waals surface area contributed by atoms with E-state index in [1.807, 2.05) is 19.0 Å². The minimum Gasteiger partial charge on any atom is -0.376 e. The summed E-state index contributed by atoms with van der Waals surface area (Å²) in [5.41, 5.74) is 1.68. The molecule has 0 aliphatic heterocycles. The summed E-state index contributed by atoms with van der Waals surface area (Å²) in [6.45, 7) is 0. The molecule has 2 aromatic carbocycles. The molecule has 0 radical (unpaired) electrons. The largest absolute Gasteiger partial charge is 0.376 e. The third-order valence-corrected chi connectivity index (χ3v) is 3.44. The molecule has 0 aromatic heterocycles. The summed E-state index contributed by atoms with van der Waals surface area (Å²) in [6.07, 6.45) is 0. The summed E-state index contributed by atoms with van der Waals surface area (Å²) in [7, 11) is 3.71. The quantitative estimate of drug-likeness (QED) is 0.426. The minimum atomic E-state index is -0.475. The number of azo groups is 1. The Morgan fingerprint density at radius 2 is 1.68 bits per heavy atom. The first kappa shape index (κ1) is 16.2.